The summed E-state index contributed by atoms with van der Waals surface area (Å²) in [5, 5.41) is 5.55. The molecule has 0 aromatic heterocycles. The molecule has 0 fully saturated rings. The van der Waals surface area contributed by atoms with Crippen LogP contribution in [0.4, 0.5) is 0 Å². The van der Waals surface area contributed by atoms with E-state index in [2.05, 4.69) is 10.6 Å². The fourth-order valence-corrected chi connectivity index (χ4v) is 2.53. The Kier molecular flexibility index (Phi) is 8.09. The van der Waals surface area contributed by atoms with Gasteiger partial charge in [0.2, 0.25) is 0 Å². The van der Waals surface area contributed by atoms with E-state index in [1.165, 1.54) is 0 Å². The van der Waals surface area contributed by atoms with Gasteiger partial charge in [0.25, 0.3) is 11.8 Å². The molecule has 0 saturated carbocycles. The zero-order valence-electron chi connectivity index (χ0n) is 16.5. The van der Waals surface area contributed by atoms with Crippen molar-refractivity contribution in [2.24, 2.45) is 0 Å². The van der Waals surface area contributed by atoms with Crippen molar-refractivity contribution in [3.05, 3.63) is 65.4 Å². The van der Waals surface area contributed by atoms with Gasteiger partial charge in [-0.3, -0.25) is 9.59 Å². The van der Waals surface area contributed by atoms with Crippen LogP contribution in [0.5, 0.6) is 11.5 Å². The zero-order valence-corrected chi connectivity index (χ0v) is 16.5. The summed E-state index contributed by atoms with van der Waals surface area (Å²) in [4.78, 5) is 25.1. The lowest BCUT2D eigenvalue weighted by molar-refractivity contribution is -0.117. The smallest absolute Gasteiger partial charge is 0.267 e. The van der Waals surface area contributed by atoms with Crippen LogP contribution in [0.1, 0.15) is 35.7 Å². The van der Waals surface area contributed by atoms with Gasteiger partial charge >= 0.3 is 0 Å². The van der Waals surface area contributed by atoms with Gasteiger partial charge in [-0.05, 0) is 42.3 Å². The Labute approximate surface area is 165 Å². The lowest BCUT2D eigenvalue weighted by atomic mass is 10.1. The highest BCUT2D eigenvalue weighted by molar-refractivity contribution is 6.05. The Morgan fingerprint density at radius 1 is 1.00 bits per heavy atom. The number of methoxy groups -OCH3 is 2. The number of unbranched alkanes of at least 4 members (excludes halogenated alkanes) is 1. The average molecular weight is 382 g/mol. The van der Waals surface area contributed by atoms with Gasteiger partial charge in [0.05, 0.1) is 14.2 Å². The standard InChI is InChI=1S/C22H26N2O4/c1-4-5-13-23-22(26)18(24-21(25)17-9-7-6-8-10-17)14-16-11-12-19(27-2)20(15-16)28-3/h6-12,14-15H,4-5,13H2,1-3H3,(H,23,26)(H,24,25)/b18-14+. The van der Waals surface area contributed by atoms with Crippen LogP contribution in [0.25, 0.3) is 6.08 Å². The summed E-state index contributed by atoms with van der Waals surface area (Å²) in [7, 11) is 3.10. The van der Waals surface area contributed by atoms with Crippen LogP contribution in [0.2, 0.25) is 0 Å². The van der Waals surface area contributed by atoms with E-state index in [9.17, 15) is 9.59 Å². The van der Waals surface area contributed by atoms with Crippen LogP contribution in [0.3, 0.4) is 0 Å². The van der Waals surface area contributed by atoms with E-state index in [1.807, 2.05) is 13.0 Å². The molecular formula is C22H26N2O4. The number of hydrogen-bond acceptors (Lipinski definition) is 4. The second-order valence-electron chi connectivity index (χ2n) is 6.10. The zero-order chi connectivity index (χ0) is 20.4. The Hall–Kier alpha value is -3.28. The van der Waals surface area contributed by atoms with E-state index >= 15 is 0 Å². The minimum atomic E-state index is -0.349. The van der Waals surface area contributed by atoms with E-state index in [4.69, 9.17) is 9.47 Å². The highest BCUT2D eigenvalue weighted by Crippen LogP contribution is 2.28. The van der Waals surface area contributed by atoms with Crippen LogP contribution >= 0.6 is 0 Å². The minimum absolute atomic E-state index is 0.164. The first-order valence-corrected chi connectivity index (χ1v) is 9.17. The molecule has 0 bridgehead atoms. The number of ether oxygens (including phenoxy) is 2. The Bertz CT molecular complexity index is 832. The molecule has 0 spiro atoms. The van der Waals surface area contributed by atoms with Crippen molar-refractivity contribution in [1.29, 1.82) is 0 Å². The molecule has 0 atom stereocenters. The van der Waals surface area contributed by atoms with Crippen molar-refractivity contribution >= 4 is 17.9 Å². The molecule has 2 amide bonds. The number of hydrogen-bond donors (Lipinski definition) is 2. The molecular weight excluding hydrogens is 356 g/mol. The van der Waals surface area contributed by atoms with E-state index < -0.39 is 0 Å². The Balaban J connectivity index is 2.30. The summed E-state index contributed by atoms with van der Waals surface area (Å²) < 4.78 is 10.5. The van der Waals surface area contributed by atoms with E-state index in [0.29, 0.717) is 29.2 Å². The number of benzene rings is 2. The molecule has 2 rings (SSSR count). The largest absolute Gasteiger partial charge is 0.493 e. The van der Waals surface area contributed by atoms with Gasteiger partial charge in [-0.25, -0.2) is 0 Å². The van der Waals surface area contributed by atoms with E-state index in [0.717, 1.165) is 12.8 Å². The van der Waals surface area contributed by atoms with Gasteiger partial charge in [0.15, 0.2) is 11.5 Å². The van der Waals surface area contributed by atoms with E-state index in [-0.39, 0.29) is 17.5 Å². The predicted octanol–water partition coefficient (Wildman–Crippen LogP) is 3.39. The van der Waals surface area contributed by atoms with Crippen LogP contribution in [0, 0.1) is 0 Å². The van der Waals surface area contributed by atoms with Crippen molar-refractivity contribution in [3.63, 3.8) is 0 Å². The predicted molar refractivity (Wildman–Crippen MR) is 109 cm³/mol. The summed E-state index contributed by atoms with van der Waals surface area (Å²) in [6.45, 7) is 2.59. The van der Waals surface area contributed by atoms with Crippen LogP contribution in [-0.2, 0) is 4.79 Å². The average Bonchev–Trinajstić information content (AvgIpc) is 2.73. The molecule has 0 aliphatic heterocycles. The molecule has 2 aromatic carbocycles. The fraction of sp³-hybridized carbons (Fsp3) is 0.273. The van der Waals surface area contributed by atoms with Gasteiger partial charge in [0, 0.05) is 12.1 Å². The third-order valence-electron chi connectivity index (χ3n) is 4.06. The quantitative estimate of drug-likeness (QED) is 0.515. The summed E-state index contributed by atoms with van der Waals surface area (Å²) >= 11 is 0. The van der Waals surface area contributed by atoms with Crippen LogP contribution in [0.15, 0.2) is 54.2 Å². The number of nitrogens with one attached hydrogen (secondary N) is 2. The molecule has 0 radical (unpaired) electrons. The molecule has 0 aliphatic rings. The summed E-state index contributed by atoms with van der Waals surface area (Å²) in [6, 6.07) is 14.0. The summed E-state index contributed by atoms with van der Waals surface area (Å²) in [5.74, 6) is 0.434. The van der Waals surface area contributed by atoms with Crippen molar-refractivity contribution in [3.8, 4) is 11.5 Å². The third-order valence-corrected chi connectivity index (χ3v) is 4.06. The first-order valence-electron chi connectivity index (χ1n) is 9.17. The molecule has 0 aliphatic carbocycles. The molecule has 2 N–H and O–H groups in total. The summed E-state index contributed by atoms with van der Waals surface area (Å²) in [5.41, 5.74) is 1.34. The van der Waals surface area contributed by atoms with Gasteiger partial charge in [-0.1, -0.05) is 37.6 Å². The molecule has 2 aromatic rings. The second kappa shape index (κ2) is 10.8. The van der Waals surface area contributed by atoms with Crippen LogP contribution in [-0.4, -0.2) is 32.6 Å². The van der Waals surface area contributed by atoms with Crippen molar-refractivity contribution in [2.75, 3.05) is 20.8 Å². The van der Waals surface area contributed by atoms with Crippen molar-refractivity contribution in [1.82, 2.24) is 10.6 Å². The first kappa shape index (κ1) is 21.0. The first-order chi connectivity index (χ1) is 13.6. The van der Waals surface area contributed by atoms with Gasteiger partial charge in [0.1, 0.15) is 5.70 Å². The maximum atomic E-state index is 12.6. The molecule has 0 unspecified atom stereocenters. The number of carbonyl (C=O) groups is 2. The highest BCUT2D eigenvalue weighted by Gasteiger charge is 2.15. The van der Waals surface area contributed by atoms with E-state index in [1.54, 1.807) is 62.8 Å². The van der Waals surface area contributed by atoms with Crippen LogP contribution < -0.4 is 20.1 Å². The Morgan fingerprint density at radius 3 is 2.36 bits per heavy atom. The molecule has 148 valence electrons. The SMILES string of the molecule is CCCCNC(=O)/C(=C\c1ccc(OC)c(OC)c1)NC(=O)c1ccccc1. The maximum absolute atomic E-state index is 12.6. The molecule has 6 heteroatoms. The molecule has 0 heterocycles. The molecule has 28 heavy (non-hydrogen) atoms. The lowest BCUT2D eigenvalue weighted by Crippen LogP contribution is -2.35. The van der Waals surface area contributed by atoms with Gasteiger partial charge in [-0.2, -0.15) is 0 Å². The topological polar surface area (TPSA) is 76.7 Å². The summed E-state index contributed by atoms with van der Waals surface area (Å²) in [6.07, 6.45) is 3.44. The Morgan fingerprint density at radius 2 is 1.71 bits per heavy atom. The second-order valence-corrected chi connectivity index (χ2v) is 6.10. The number of rotatable bonds is 9. The minimum Gasteiger partial charge on any atom is -0.493 e. The number of amides is 2. The molecule has 6 nitrogen and oxygen atoms in total. The van der Waals surface area contributed by atoms with Gasteiger partial charge in [-0.15, -0.1) is 0 Å². The monoisotopic (exact) mass is 382 g/mol. The van der Waals surface area contributed by atoms with Crippen molar-refractivity contribution in [2.45, 2.75) is 19.8 Å². The third kappa shape index (κ3) is 5.87. The van der Waals surface area contributed by atoms with Crippen molar-refractivity contribution < 1.29 is 19.1 Å². The molecule has 0 saturated heterocycles. The fourth-order valence-electron chi connectivity index (χ4n) is 2.53. The maximum Gasteiger partial charge on any atom is 0.267 e. The van der Waals surface area contributed by atoms with Gasteiger partial charge < -0.3 is 20.1 Å². The lowest BCUT2D eigenvalue weighted by Gasteiger charge is -2.12. The normalized spacial score (nSPS) is 10.9. The highest BCUT2D eigenvalue weighted by atomic mass is 16.5. The number of carbonyl (C=O) groups excluding carboxylic acids is 2.